The zero-order valence-electron chi connectivity index (χ0n) is 15.3. The number of amides is 3. The van der Waals surface area contributed by atoms with E-state index in [2.05, 4.69) is 33.9 Å². The first kappa shape index (κ1) is 17.7. The molecule has 0 aromatic rings. The van der Waals surface area contributed by atoms with E-state index in [1.807, 2.05) is 4.90 Å². The van der Waals surface area contributed by atoms with Crippen LogP contribution >= 0.6 is 0 Å². The summed E-state index contributed by atoms with van der Waals surface area (Å²) in [5.41, 5.74) is 0. The molecule has 7 nitrogen and oxygen atoms in total. The van der Waals surface area contributed by atoms with Crippen LogP contribution in [-0.2, 0) is 9.22 Å². The molecule has 2 bridgehead atoms. The van der Waals surface area contributed by atoms with Crippen molar-refractivity contribution in [2.45, 2.75) is 57.4 Å². The van der Waals surface area contributed by atoms with E-state index < -0.39 is 20.4 Å². The molecule has 3 unspecified atom stereocenters. The van der Waals surface area contributed by atoms with Crippen LogP contribution < -0.4 is 0 Å². The first-order chi connectivity index (χ1) is 11.0. The lowest BCUT2D eigenvalue weighted by Crippen LogP contribution is -2.48. The number of hydrogen-bond donors (Lipinski definition) is 1. The minimum Gasteiger partial charge on any atom is -0.415 e. The number of urea groups is 1. The number of fused-ring (bicyclic) bond motifs is 4. The van der Waals surface area contributed by atoms with Crippen molar-refractivity contribution in [2.75, 3.05) is 26.2 Å². The Balaban J connectivity index is 1.59. The molecule has 136 valence electrons. The van der Waals surface area contributed by atoms with Gasteiger partial charge in [-0.1, -0.05) is 20.8 Å². The van der Waals surface area contributed by atoms with Gasteiger partial charge in [0, 0.05) is 25.6 Å². The molecule has 8 heteroatoms. The third-order valence-electron chi connectivity index (χ3n) is 6.20. The van der Waals surface area contributed by atoms with Gasteiger partial charge >= 0.3 is 6.03 Å². The van der Waals surface area contributed by atoms with Gasteiger partial charge in [0.25, 0.3) is 0 Å². The average Bonchev–Trinajstić information content (AvgIpc) is 2.90. The second kappa shape index (κ2) is 5.71. The van der Waals surface area contributed by atoms with Crippen LogP contribution in [0.5, 0.6) is 0 Å². The number of rotatable bonds is 4. The summed E-state index contributed by atoms with van der Waals surface area (Å²) in [6.07, 6.45) is 0.689. The molecule has 3 heterocycles. The van der Waals surface area contributed by atoms with E-state index in [-0.39, 0.29) is 22.9 Å². The van der Waals surface area contributed by atoms with Crippen LogP contribution in [0.4, 0.5) is 4.79 Å². The molecule has 0 aromatic carbocycles. The lowest BCUT2D eigenvalue weighted by atomic mass is 9.91. The van der Waals surface area contributed by atoms with E-state index >= 15 is 0 Å². The zero-order chi connectivity index (χ0) is 17.9. The van der Waals surface area contributed by atoms with Crippen molar-refractivity contribution in [2.24, 2.45) is 5.92 Å². The van der Waals surface area contributed by atoms with Crippen LogP contribution in [-0.4, -0.2) is 78.7 Å². The van der Waals surface area contributed by atoms with Crippen LogP contribution in [0.1, 0.15) is 27.2 Å². The fourth-order valence-corrected chi connectivity index (χ4v) is 4.74. The summed E-state index contributed by atoms with van der Waals surface area (Å²) in [7, 11) is -1.81. The van der Waals surface area contributed by atoms with Gasteiger partial charge in [0.15, 0.2) is 8.32 Å². The van der Waals surface area contributed by atoms with Gasteiger partial charge in [-0.15, -0.1) is 0 Å². The third kappa shape index (κ3) is 2.74. The van der Waals surface area contributed by atoms with E-state index in [1.165, 1.54) is 4.90 Å². The summed E-state index contributed by atoms with van der Waals surface area (Å²) in [6, 6.07) is -1.01. The monoisotopic (exact) mass is 355 g/mol. The minimum atomic E-state index is -1.81. The topological polar surface area (TPSA) is 73.3 Å². The molecular weight excluding hydrogens is 326 g/mol. The summed E-state index contributed by atoms with van der Waals surface area (Å²) in [5.74, 6) is 0.117. The van der Waals surface area contributed by atoms with Crippen LogP contribution in [0, 0.1) is 5.92 Å². The summed E-state index contributed by atoms with van der Waals surface area (Å²) in [4.78, 5) is 28.1. The quantitative estimate of drug-likeness (QED) is 0.616. The maximum absolute atomic E-state index is 12.7. The molecule has 3 aliphatic rings. The maximum atomic E-state index is 12.7. The van der Waals surface area contributed by atoms with Gasteiger partial charge in [-0.2, -0.15) is 0 Å². The number of piperidine rings is 1. The fourth-order valence-electron chi connectivity index (χ4n) is 3.71. The van der Waals surface area contributed by atoms with Gasteiger partial charge < -0.3 is 14.2 Å². The minimum absolute atomic E-state index is 0.000862. The van der Waals surface area contributed by atoms with E-state index in [4.69, 9.17) is 4.43 Å². The lowest BCUT2D eigenvalue weighted by molar-refractivity contribution is -0.132. The number of carbonyl (C=O) groups is 2. The van der Waals surface area contributed by atoms with Crippen molar-refractivity contribution in [3.63, 3.8) is 0 Å². The largest absolute Gasteiger partial charge is 0.415 e. The summed E-state index contributed by atoms with van der Waals surface area (Å²) in [5, 5.41) is 10.7. The highest BCUT2D eigenvalue weighted by Crippen LogP contribution is 2.38. The highest BCUT2D eigenvalue weighted by Gasteiger charge is 2.55. The molecule has 3 saturated heterocycles. The first-order valence-corrected chi connectivity index (χ1v) is 11.7. The van der Waals surface area contributed by atoms with Crippen molar-refractivity contribution in [3.05, 3.63) is 0 Å². The normalized spacial score (nSPS) is 30.4. The van der Waals surface area contributed by atoms with Crippen molar-refractivity contribution in [1.29, 1.82) is 0 Å². The Morgan fingerprint density at radius 1 is 1.25 bits per heavy atom. The molecule has 0 aromatic heterocycles. The maximum Gasteiger partial charge on any atom is 0.344 e. The first-order valence-electron chi connectivity index (χ1n) is 8.74. The Morgan fingerprint density at radius 2 is 1.92 bits per heavy atom. The number of carbonyl (C=O) groups excluding carboxylic acids is 2. The van der Waals surface area contributed by atoms with Gasteiger partial charge in [0.2, 0.25) is 5.91 Å². The standard InChI is InChI=1S/C16H29N3O4Si/c1-16(2,3)24(4,5)23-7-6-17-9-11-8-12-10-18(13(11)14(17)20)15(21)19(12)22/h11-13,22H,6-10H2,1-5H3. The summed E-state index contributed by atoms with van der Waals surface area (Å²) in [6.45, 7) is 13.2. The van der Waals surface area contributed by atoms with Gasteiger partial charge in [-0.25, -0.2) is 9.86 Å². The summed E-state index contributed by atoms with van der Waals surface area (Å²) < 4.78 is 6.17. The third-order valence-corrected chi connectivity index (χ3v) is 10.7. The molecule has 1 N–H and O–H groups in total. The molecule has 0 aliphatic carbocycles. The SMILES string of the molecule is CC(C)(C)[Si](C)(C)OCCN1CC2CC3CN(C(=O)N3O)C2C1=O. The molecule has 3 amide bonds. The highest BCUT2D eigenvalue weighted by atomic mass is 28.4. The predicted octanol–water partition coefficient (Wildman–Crippen LogP) is 1.73. The Kier molecular flexibility index (Phi) is 4.21. The van der Waals surface area contributed by atoms with E-state index in [0.29, 0.717) is 32.7 Å². The second-order valence-electron chi connectivity index (χ2n) is 8.77. The average molecular weight is 356 g/mol. The number of hydroxylamine groups is 2. The summed E-state index contributed by atoms with van der Waals surface area (Å²) >= 11 is 0. The highest BCUT2D eigenvalue weighted by molar-refractivity contribution is 6.74. The Hall–Kier alpha value is -1.12. The molecule has 3 aliphatic heterocycles. The Labute approximate surface area is 144 Å². The van der Waals surface area contributed by atoms with Crippen molar-refractivity contribution in [1.82, 2.24) is 14.9 Å². The molecule has 0 radical (unpaired) electrons. The molecule has 3 fully saturated rings. The van der Waals surface area contributed by atoms with E-state index in [0.717, 1.165) is 5.06 Å². The van der Waals surface area contributed by atoms with Gasteiger partial charge in [-0.05, 0) is 24.6 Å². The van der Waals surface area contributed by atoms with Crippen LogP contribution in [0.25, 0.3) is 0 Å². The number of hydrogen-bond acceptors (Lipinski definition) is 4. The van der Waals surface area contributed by atoms with E-state index in [1.54, 1.807) is 0 Å². The van der Waals surface area contributed by atoms with Gasteiger partial charge in [-0.3, -0.25) is 10.0 Å². The van der Waals surface area contributed by atoms with Crippen molar-refractivity contribution >= 4 is 20.3 Å². The molecule has 3 atom stereocenters. The molecule has 0 saturated carbocycles. The number of nitrogens with zero attached hydrogens (tertiary/aromatic N) is 3. The van der Waals surface area contributed by atoms with Gasteiger partial charge in [0.1, 0.15) is 6.04 Å². The Morgan fingerprint density at radius 3 is 2.54 bits per heavy atom. The molecule has 24 heavy (non-hydrogen) atoms. The predicted molar refractivity (Wildman–Crippen MR) is 91.1 cm³/mol. The Bertz CT molecular complexity index is 548. The van der Waals surface area contributed by atoms with Gasteiger partial charge in [0.05, 0.1) is 12.6 Å². The molecule has 0 spiro atoms. The lowest BCUT2D eigenvalue weighted by Gasteiger charge is -2.36. The number of likely N-dealkylation sites (tertiary alicyclic amines) is 1. The van der Waals surface area contributed by atoms with Crippen molar-refractivity contribution in [3.8, 4) is 0 Å². The fraction of sp³-hybridized carbons (Fsp3) is 0.875. The zero-order valence-corrected chi connectivity index (χ0v) is 16.3. The smallest absolute Gasteiger partial charge is 0.344 e. The second-order valence-corrected chi connectivity index (χ2v) is 13.6. The van der Waals surface area contributed by atoms with Crippen LogP contribution in [0.2, 0.25) is 18.1 Å². The van der Waals surface area contributed by atoms with Crippen molar-refractivity contribution < 1.29 is 19.2 Å². The molecule has 3 rings (SSSR count). The molecular formula is C16H29N3O4Si. The van der Waals surface area contributed by atoms with E-state index in [9.17, 15) is 14.8 Å². The van der Waals surface area contributed by atoms with Crippen LogP contribution in [0.15, 0.2) is 0 Å². The van der Waals surface area contributed by atoms with Crippen LogP contribution in [0.3, 0.4) is 0 Å².